The van der Waals surface area contributed by atoms with E-state index in [4.69, 9.17) is 9.47 Å². The van der Waals surface area contributed by atoms with Crippen molar-refractivity contribution >= 4 is 17.8 Å². The van der Waals surface area contributed by atoms with Gasteiger partial charge in [-0.15, -0.1) is 0 Å². The average Bonchev–Trinajstić information content (AvgIpc) is 2.71. The van der Waals surface area contributed by atoms with Gasteiger partial charge in [0.05, 0.1) is 21.6 Å². The normalized spacial score (nSPS) is 32.6. The Kier molecular flexibility index (Phi) is 7.23. The molecule has 5 nitrogen and oxygen atoms in total. The topological polar surface area (TPSA) is 68.1 Å². The first-order valence-electron chi connectivity index (χ1n) is 11.2. The van der Waals surface area contributed by atoms with E-state index in [-0.39, 0.29) is 23.9 Å². The molecule has 7 heteroatoms. The Hall–Kier alpha value is -0.993. The molecule has 3 fully saturated rings. The molecule has 0 radical (unpaired) electrons. The minimum Gasteiger partial charge on any atom is -0.386 e. The second-order valence-corrected chi connectivity index (χ2v) is 18.6. The van der Waals surface area contributed by atoms with Crippen molar-refractivity contribution in [3.63, 3.8) is 0 Å². The van der Waals surface area contributed by atoms with Gasteiger partial charge in [-0.3, -0.25) is 0 Å². The lowest BCUT2D eigenvalue weighted by Crippen LogP contribution is -2.67. The van der Waals surface area contributed by atoms with Crippen LogP contribution in [-0.4, -0.2) is 55.3 Å². The molecule has 31 heavy (non-hydrogen) atoms. The Morgan fingerprint density at radius 3 is 2.55 bits per heavy atom. The molecule has 4 rings (SSSR count). The smallest absolute Gasteiger partial charge is 0.147 e. The zero-order valence-corrected chi connectivity index (χ0v) is 21.5. The molecule has 1 aromatic carbocycles. The highest BCUT2D eigenvalue weighted by molar-refractivity contribution is 7.93. The van der Waals surface area contributed by atoms with Crippen molar-refractivity contribution in [3.05, 3.63) is 42.5 Å². The molecular formula is C24H39NO4SSi. The van der Waals surface area contributed by atoms with Gasteiger partial charge in [0.15, 0.2) is 0 Å². The standard InChI is InChI=1S/C24H39NO4SSi/c1-19-16-20-12-13-23(19,2)22(29-18-28-14-15-31(4,5)6)24(20,26)17-30(27,25-3)21-10-8-7-9-11-21/h7-11,20,22,26H,1,12-18H2,2-6H3/t20?,22?,23-,24?,30?/m0/s1. The second-order valence-electron chi connectivity index (χ2n) is 10.6. The molecule has 4 unspecified atom stereocenters. The Labute approximate surface area is 189 Å². The van der Waals surface area contributed by atoms with E-state index in [0.717, 1.165) is 30.9 Å². The van der Waals surface area contributed by atoms with E-state index >= 15 is 0 Å². The van der Waals surface area contributed by atoms with Crippen molar-refractivity contribution < 1.29 is 18.8 Å². The summed E-state index contributed by atoms with van der Waals surface area (Å²) in [4.78, 5) is 0.654. The molecule has 0 saturated heterocycles. The van der Waals surface area contributed by atoms with Crippen LogP contribution in [0, 0.1) is 11.3 Å². The first-order chi connectivity index (χ1) is 14.4. The molecule has 174 valence electrons. The van der Waals surface area contributed by atoms with Gasteiger partial charge in [-0.1, -0.05) is 56.9 Å². The van der Waals surface area contributed by atoms with Crippen LogP contribution in [0.15, 0.2) is 51.7 Å². The molecule has 0 spiro atoms. The van der Waals surface area contributed by atoms with Gasteiger partial charge in [-0.05, 0) is 43.4 Å². The van der Waals surface area contributed by atoms with Gasteiger partial charge < -0.3 is 14.6 Å². The molecule has 3 aliphatic carbocycles. The van der Waals surface area contributed by atoms with Crippen LogP contribution in [0.1, 0.15) is 26.2 Å². The molecule has 3 aliphatic rings. The maximum absolute atomic E-state index is 13.9. The van der Waals surface area contributed by atoms with Crippen LogP contribution in [-0.2, 0) is 19.2 Å². The average molecular weight is 466 g/mol. The number of benzene rings is 1. The molecule has 1 N–H and O–H groups in total. The predicted molar refractivity (Wildman–Crippen MR) is 129 cm³/mol. The van der Waals surface area contributed by atoms with Crippen LogP contribution in [0.5, 0.6) is 0 Å². The van der Waals surface area contributed by atoms with E-state index in [1.165, 1.54) is 0 Å². The third-order valence-electron chi connectivity index (χ3n) is 7.20. The van der Waals surface area contributed by atoms with Crippen LogP contribution in [0.2, 0.25) is 25.7 Å². The second kappa shape index (κ2) is 9.10. The number of hydrogen-bond donors (Lipinski definition) is 1. The van der Waals surface area contributed by atoms with Gasteiger partial charge in [-0.2, -0.15) is 0 Å². The van der Waals surface area contributed by atoms with Crippen molar-refractivity contribution in [1.29, 1.82) is 0 Å². The van der Waals surface area contributed by atoms with Crippen LogP contribution in [0.25, 0.3) is 0 Å². The lowest BCUT2D eigenvalue weighted by atomic mass is 9.52. The van der Waals surface area contributed by atoms with E-state index in [1.807, 2.05) is 30.3 Å². The van der Waals surface area contributed by atoms with Crippen molar-refractivity contribution in [2.45, 2.75) is 68.5 Å². The van der Waals surface area contributed by atoms with E-state index in [1.54, 1.807) is 7.05 Å². The first-order valence-corrected chi connectivity index (χ1v) is 16.6. The maximum atomic E-state index is 13.9. The van der Waals surface area contributed by atoms with Crippen molar-refractivity contribution in [3.8, 4) is 0 Å². The predicted octanol–water partition coefficient (Wildman–Crippen LogP) is 4.95. The van der Waals surface area contributed by atoms with Gasteiger partial charge in [0.2, 0.25) is 0 Å². The summed E-state index contributed by atoms with van der Waals surface area (Å²) in [6.45, 7) is 14.2. The molecule has 3 saturated carbocycles. The van der Waals surface area contributed by atoms with Crippen molar-refractivity contribution in [2.24, 2.45) is 15.7 Å². The third-order valence-corrected chi connectivity index (χ3v) is 11.4. The number of rotatable bonds is 9. The zero-order chi connectivity index (χ0) is 22.9. The molecule has 1 aromatic rings. The largest absolute Gasteiger partial charge is 0.386 e. The number of hydrogen-bond acceptors (Lipinski definition) is 5. The number of nitrogens with zero attached hydrogens (tertiary/aromatic N) is 1. The van der Waals surface area contributed by atoms with Gasteiger partial charge in [-0.25, -0.2) is 8.57 Å². The van der Waals surface area contributed by atoms with Gasteiger partial charge in [0.1, 0.15) is 12.4 Å². The summed E-state index contributed by atoms with van der Waals surface area (Å²) in [6.07, 6.45) is 2.00. The van der Waals surface area contributed by atoms with E-state index in [0.29, 0.717) is 11.5 Å². The van der Waals surface area contributed by atoms with Crippen LogP contribution in [0.4, 0.5) is 0 Å². The van der Waals surface area contributed by atoms with Crippen LogP contribution < -0.4 is 0 Å². The Morgan fingerprint density at radius 2 is 1.97 bits per heavy atom. The summed E-state index contributed by atoms with van der Waals surface area (Å²) in [5.74, 6) is 0.0215. The quantitative estimate of drug-likeness (QED) is 0.242. The van der Waals surface area contributed by atoms with Crippen molar-refractivity contribution in [2.75, 3.05) is 26.2 Å². The van der Waals surface area contributed by atoms with Crippen LogP contribution >= 0.6 is 0 Å². The SMILES string of the molecule is C=C1CC2CC[C@]1(C)C(OCOCC[Si](C)(C)C)C2(O)CS(=O)(=NC)c1ccccc1. The summed E-state index contributed by atoms with van der Waals surface area (Å²) in [5, 5.41) is 12.1. The van der Waals surface area contributed by atoms with Crippen molar-refractivity contribution in [1.82, 2.24) is 0 Å². The maximum Gasteiger partial charge on any atom is 0.147 e. The highest BCUT2D eigenvalue weighted by Gasteiger charge is 2.62. The first kappa shape index (κ1) is 24.6. The molecule has 5 atom stereocenters. The summed E-state index contributed by atoms with van der Waals surface area (Å²) >= 11 is 0. The minimum absolute atomic E-state index is 0.0416. The van der Waals surface area contributed by atoms with Gasteiger partial charge in [0.25, 0.3) is 0 Å². The Morgan fingerprint density at radius 1 is 1.29 bits per heavy atom. The highest BCUT2D eigenvalue weighted by Crippen LogP contribution is 2.58. The van der Waals surface area contributed by atoms with Crippen LogP contribution in [0.3, 0.4) is 0 Å². The van der Waals surface area contributed by atoms with Gasteiger partial charge >= 0.3 is 0 Å². The monoisotopic (exact) mass is 465 g/mol. The minimum atomic E-state index is -2.79. The summed E-state index contributed by atoms with van der Waals surface area (Å²) < 4.78 is 30.3. The van der Waals surface area contributed by atoms with E-state index in [9.17, 15) is 9.32 Å². The molecule has 2 bridgehead atoms. The lowest BCUT2D eigenvalue weighted by molar-refractivity contribution is -0.236. The summed E-state index contributed by atoms with van der Waals surface area (Å²) in [5.41, 5.74) is -0.501. The third kappa shape index (κ3) is 5.01. The van der Waals surface area contributed by atoms with Gasteiger partial charge in [0, 0.05) is 32.0 Å². The lowest BCUT2D eigenvalue weighted by Gasteiger charge is -2.60. The molecule has 0 aliphatic heterocycles. The zero-order valence-electron chi connectivity index (χ0n) is 19.7. The number of fused-ring (bicyclic) bond motifs is 3. The Balaban J connectivity index is 1.85. The number of aliphatic hydroxyl groups is 1. The Bertz CT molecular complexity index is 906. The van der Waals surface area contributed by atoms with E-state index in [2.05, 4.69) is 37.5 Å². The fraction of sp³-hybridized carbons (Fsp3) is 0.667. The fourth-order valence-electron chi connectivity index (χ4n) is 5.07. The molecule has 0 amide bonds. The highest BCUT2D eigenvalue weighted by atomic mass is 32.2. The number of ether oxygens (including phenoxy) is 2. The fourth-order valence-corrected chi connectivity index (χ4v) is 7.93. The van der Waals surface area contributed by atoms with E-state index < -0.39 is 29.5 Å². The molecule has 0 heterocycles. The molecular weight excluding hydrogens is 426 g/mol. The molecule has 0 aromatic heterocycles. The summed E-state index contributed by atoms with van der Waals surface area (Å²) in [7, 11) is -2.39. The summed E-state index contributed by atoms with van der Waals surface area (Å²) in [6, 6.07) is 10.3.